The summed E-state index contributed by atoms with van der Waals surface area (Å²) in [6.07, 6.45) is 0. The van der Waals surface area contributed by atoms with Crippen LogP contribution in [0.25, 0.3) is 0 Å². The molecule has 0 unspecified atom stereocenters. The number of hydrogen-bond donors (Lipinski definition) is 0. The van der Waals surface area contributed by atoms with E-state index in [9.17, 15) is 9.59 Å². The van der Waals surface area contributed by atoms with Gasteiger partial charge in [-0.25, -0.2) is 0 Å². The first-order valence-corrected chi connectivity index (χ1v) is 9.06. The number of carbonyl (C=O) groups excluding carboxylic acids is 2. The maximum atomic E-state index is 13.1. The third kappa shape index (κ3) is 4.99. The lowest BCUT2D eigenvalue weighted by Crippen LogP contribution is -2.35. The van der Waals surface area contributed by atoms with Gasteiger partial charge in [-0.15, -0.1) is 0 Å². The first-order chi connectivity index (χ1) is 13.1. The summed E-state index contributed by atoms with van der Waals surface area (Å²) >= 11 is 0. The van der Waals surface area contributed by atoms with E-state index in [1.807, 2.05) is 78.7 Å². The summed E-state index contributed by atoms with van der Waals surface area (Å²) in [5.41, 5.74) is 2.29. The van der Waals surface area contributed by atoms with Crippen LogP contribution in [0.5, 0.6) is 0 Å². The highest BCUT2D eigenvalue weighted by Crippen LogP contribution is 2.17. The van der Waals surface area contributed by atoms with Gasteiger partial charge in [0.05, 0.1) is 5.92 Å². The van der Waals surface area contributed by atoms with E-state index >= 15 is 0 Å². The van der Waals surface area contributed by atoms with Gasteiger partial charge in [-0.1, -0.05) is 91.0 Å². The molecule has 0 aromatic heterocycles. The van der Waals surface area contributed by atoms with E-state index in [-0.39, 0.29) is 11.6 Å². The molecule has 0 spiro atoms. The van der Waals surface area contributed by atoms with Crippen molar-refractivity contribution in [3.05, 3.63) is 108 Å². The van der Waals surface area contributed by atoms with E-state index in [0.29, 0.717) is 24.2 Å². The molecule has 0 saturated carbocycles. The molecule has 3 aromatic rings. The van der Waals surface area contributed by atoms with Crippen LogP contribution in [-0.4, -0.2) is 30.1 Å². The van der Waals surface area contributed by atoms with Crippen LogP contribution in [0, 0.1) is 5.92 Å². The van der Waals surface area contributed by atoms with Crippen molar-refractivity contribution >= 4 is 11.6 Å². The summed E-state index contributed by atoms with van der Waals surface area (Å²) in [7, 11) is 1.94. The summed E-state index contributed by atoms with van der Waals surface area (Å²) < 4.78 is 0. The molecule has 0 saturated heterocycles. The third-order valence-corrected chi connectivity index (χ3v) is 4.54. The van der Waals surface area contributed by atoms with E-state index < -0.39 is 5.92 Å². The predicted molar refractivity (Wildman–Crippen MR) is 108 cm³/mol. The normalized spacial score (nSPS) is 10.9. The molecule has 0 heterocycles. The highest BCUT2D eigenvalue weighted by molar-refractivity contribution is 6.16. The van der Waals surface area contributed by atoms with Gasteiger partial charge in [-0.2, -0.15) is 0 Å². The Kier molecular flexibility index (Phi) is 6.29. The molecule has 27 heavy (non-hydrogen) atoms. The number of nitrogens with zero attached hydrogens (tertiary/aromatic N) is 1. The molecule has 0 fully saturated rings. The Morgan fingerprint density at radius 2 is 1.11 bits per heavy atom. The number of Topliss-reactive ketones (excluding diaryl/α,β-unsaturated/α-hetero) is 2. The molecular formula is C24H23NO2. The van der Waals surface area contributed by atoms with Crippen molar-refractivity contribution in [2.45, 2.75) is 6.54 Å². The van der Waals surface area contributed by atoms with Gasteiger partial charge in [0.2, 0.25) is 0 Å². The largest absolute Gasteiger partial charge is 0.301 e. The topological polar surface area (TPSA) is 37.4 Å². The van der Waals surface area contributed by atoms with Gasteiger partial charge in [-0.05, 0) is 12.6 Å². The minimum Gasteiger partial charge on any atom is -0.301 e. The van der Waals surface area contributed by atoms with Crippen molar-refractivity contribution in [2.75, 3.05) is 13.6 Å². The van der Waals surface area contributed by atoms with Crippen molar-refractivity contribution in [3.8, 4) is 0 Å². The van der Waals surface area contributed by atoms with Crippen molar-refractivity contribution < 1.29 is 9.59 Å². The monoisotopic (exact) mass is 357 g/mol. The van der Waals surface area contributed by atoms with Crippen LogP contribution >= 0.6 is 0 Å². The van der Waals surface area contributed by atoms with Crippen LogP contribution in [0.4, 0.5) is 0 Å². The van der Waals surface area contributed by atoms with Crippen molar-refractivity contribution in [1.82, 2.24) is 4.90 Å². The number of rotatable bonds is 8. The molecule has 0 N–H and O–H groups in total. The maximum absolute atomic E-state index is 13.1. The van der Waals surface area contributed by atoms with Crippen molar-refractivity contribution in [1.29, 1.82) is 0 Å². The SMILES string of the molecule is CN(Cc1ccccc1)CC(C(=O)c1ccccc1)C(=O)c1ccccc1. The summed E-state index contributed by atoms with van der Waals surface area (Å²) in [6, 6.07) is 28.2. The lowest BCUT2D eigenvalue weighted by Gasteiger charge is -2.23. The zero-order chi connectivity index (χ0) is 19.1. The fourth-order valence-corrected chi connectivity index (χ4v) is 3.16. The minimum absolute atomic E-state index is 0.135. The van der Waals surface area contributed by atoms with Gasteiger partial charge in [0.15, 0.2) is 11.6 Å². The zero-order valence-corrected chi connectivity index (χ0v) is 15.4. The molecule has 0 bridgehead atoms. The molecule has 3 nitrogen and oxygen atoms in total. The summed E-state index contributed by atoms with van der Waals surface area (Å²) in [5.74, 6) is -1.00. The van der Waals surface area contributed by atoms with E-state index in [1.54, 1.807) is 24.3 Å². The quantitative estimate of drug-likeness (QED) is 0.440. The number of ketones is 2. The summed E-state index contributed by atoms with van der Waals surface area (Å²) in [4.78, 5) is 28.2. The van der Waals surface area contributed by atoms with E-state index in [2.05, 4.69) is 0 Å². The average Bonchev–Trinajstić information content (AvgIpc) is 2.73. The summed E-state index contributed by atoms with van der Waals surface area (Å²) in [6.45, 7) is 1.05. The van der Waals surface area contributed by atoms with Gasteiger partial charge < -0.3 is 4.90 Å². The molecule has 3 rings (SSSR count). The van der Waals surface area contributed by atoms with Crippen LogP contribution < -0.4 is 0 Å². The maximum Gasteiger partial charge on any atom is 0.174 e. The van der Waals surface area contributed by atoms with Gasteiger partial charge in [0.1, 0.15) is 0 Å². The van der Waals surface area contributed by atoms with E-state index in [4.69, 9.17) is 0 Å². The van der Waals surface area contributed by atoms with Gasteiger partial charge >= 0.3 is 0 Å². The van der Waals surface area contributed by atoms with Gasteiger partial charge in [-0.3, -0.25) is 9.59 Å². The number of benzene rings is 3. The van der Waals surface area contributed by atoms with Crippen LogP contribution in [0.3, 0.4) is 0 Å². The highest BCUT2D eigenvalue weighted by Gasteiger charge is 2.29. The minimum atomic E-state index is -0.733. The van der Waals surface area contributed by atoms with Gasteiger partial charge in [0, 0.05) is 24.2 Å². The van der Waals surface area contributed by atoms with Crippen LogP contribution in [0.1, 0.15) is 26.3 Å². The second-order valence-corrected chi connectivity index (χ2v) is 6.70. The number of carbonyl (C=O) groups is 2. The molecule has 0 aliphatic rings. The fraction of sp³-hybridized carbons (Fsp3) is 0.167. The van der Waals surface area contributed by atoms with Crippen molar-refractivity contribution in [3.63, 3.8) is 0 Å². The third-order valence-electron chi connectivity index (χ3n) is 4.54. The Balaban J connectivity index is 1.83. The van der Waals surface area contributed by atoms with Crippen LogP contribution in [0.15, 0.2) is 91.0 Å². The summed E-state index contributed by atoms with van der Waals surface area (Å²) in [5, 5.41) is 0. The van der Waals surface area contributed by atoms with E-state index in [0.717, 1.165) is 5.56 Å². The zero-order valence-electron chi connectivity index (χ0n) is 15.4. The van der Waals surface area contributed by atoms with Crippen LogP contribution in [-0.2, 0) is 6.54 Å². The smallest absolute Gasteiger partial charge is 0.174 e. The first kappa shape index (κ1) is 18.7. The fourth-order valence-electron chi connectivity index (χ4n) is 3.16. The predicted octanol–water partition coefficient (Wildman–Crippen LogP) is 4.50. The lowest BCUT2D eigenvalue weighted by atomic mass is 9.89. The molecule has 3 heteroatoms. The number of hydrogen-bond acceptors (Lipinski definition) is 3. The molecule has 0 atom stereocenters. The second kappa shape index (κ2) is 9.06. The molecule has 0 amide bonds. The Bertz CT molecular complexity index is 825. The Morgan fingerprint density at radius 3 is 1.56 bits per heavy atom. The van der Waals surface area contributed by atoms with Crippen molar-refractivity contribution in [2.24, 2.45) is 5.92 Å². The second-order valence-electron chi connectivity index (χ2n) is 6.70. The van der Waals surface area contributed by atoms with E-state index in [1.165, 1.54) is 0 Å². The van der Waals surface area contributed by atoms with Gasteiger partial charge in [0.25, 0.3) is 0 Å². The molecule has 0 aliphatic heterocycles. The Labute approximate surface area is 160 Å². The lowest BCUT2D eigenvalue weighted by molar-refractivity contribution is 0.0770. The highest BCUT2D eigenvalue weighted by atomic mass is 16.2. The Hall–Kier alpha value is -3.04. The first-order valence-electron chi connectivity index (χ1n) is 9.06. The molecule has 136 valence electrons. The molecule has 3 aromatic carbocycles. The van der Waals surface area contributed by atoms with Crippen LogP contribution in [0.2, 0.25) is 0 Å². The Morgan fingerprint density at radius 1 is 0.704 bits per heavy atom. The molecular weight excluding hydrogens is 334 g/mol. The average molecular weight is 357 g/mol. The molecule has 0 aliphatic carbocycles. The standard InChI is InChI=1S/C24H23NO2/c1-25(17-19-11-5-2-6-12-19)18-22(23(26)20-13-7-3-8-14-20)24(27)21-15-9-4-10-16-21/h2-16,22H,17-18H2,1H3. The molecule has 0 radical (unpaired) electrons.